The number of aliphatic hydroxyl groups excluding tert-OH is 2. The van der Waals surface area contributed by atoms with Crippen LogP contribution in [0.3, 0.4) is 0 Å². The Morgan fingerprint density at radius 3 is 2.84 bits per heavy atom. The van der Waals surface area contributed by atoms with Gasteiger partial charge in [0.15, 0.2) is 0 Å². The first-order chi connectivity index (χ1) is 9.02. The number of hydrogen-bond acceptors (Lipinski definition) is 4. The summed E-state index contributed by atoms with van der Waals surface area (Å²) in [5.41, 5.74) is 0.873. The molecule has 0 bridgehead atoms. The predicted molar refractivity (Wildman–Crippen MR) is 69.5 cm³/mol. The summed E-state index contributed by atoms with van der Waals surface area (Å²) in [6.45, 7) is -0.139. The minimum absolute atomic E-state index is 0.116. The van der Waals surface area contributed by atoms with Crippen LogP contribution in [0.2, 0.25) is 0 Å². The molecular formula is C13H13BrO5. The zero-order chi connectivity index (χ0) is 13.7. The number of benzene rings is 1. The summed E-state index contributed by atoms with van der Waals surface area (Å²) < 4.78 is 6.37. The molecule has 1 aromatic rings. The van der Waals surface area contributed by atoms with Crippen molar-refractivity contribution in [3.8, 4) is 5.75 Å². The second-order valence-electron chi connectivity index (χ2n) is 5.01. The van der Waals surface area contributed by atoms with Crippen LogP contribution in [0.4, 0.5) is 0 Å². The van der Waals surface area contributed by atoms with E-state index in [0.29, 0.717) is 16.6 Å². The van der Waals surface area contributed by atoms with Crippen LogP contribution in [0.5, 0.6) is 5.75 Å². The highest BCUT2D eigenvalue weighted by Crippen LogP contribution is 2.52. The molecule has 1 aliphatic carbocycles. The zero-order valence-corrected chi connectivity index (χ0v) is 11.5. The Morgan fingerprint density at radius 1 is 1.47 bits per heavy atom. The third kappa shape index (κ3) is 1.86. The van der Waals surface area contributed by atoms with E-state index in [9.17, 15) is 20.1 Å². The third-order valence-electron chi connectivity index (χ3n) is 3.98. The van der Waals surface area contributed by atoms with Gasteiger partial charge in [-0.1, -0.05) is 15.9 Å². The number of carbonyl (C=O) groups is 1. The maximum absolute atomic E-state index is 11.2. The highest BCUT2D eigenvalue weighted by Gasteiger charge is 2.50. The maximum Gasteiger partial charge on any atom is 0.339 e. The summed E-state index contributed by atoms with van der Waals surface area (Å²) >= 11 is 3.29. The van der Waals surface area contributed by atoms with Crippen LogP contribution >= 0.6 is 15.9 Å². The molecule has 19 heavy (non-hydrogen) atoms. The lowest BCUT2D eigenvalue weighted by Crippen LogP contribution is -2.22. The largest absolute Gasteiger partial charge is 0.488 e. The van der Waals surface area contributed by atoms with Gasteiger partial charge in [0.2, 0.25) is 0 Å². The second-order valence-corrected chi connectivity index (χ2v) is 5.92. The smallest absolute Gasteiger partial charge is 0.339 e. The molecule has 1 saturated carbocycles. The van der Waals surface area contributed by atoms with E-state index >= 15 is 0 Å². The SMILES string of the molecule is O=C(O)c1cc(Br)cc2c1O[C@H]1C[C@@H](O)[C@H](CO)[C@@H]21. The first kappa shape index (κ1) is 12.9. The normalized spacial score (nSPS) is 31.7. The minimum Gasteiger partial charge on any atom is -0.488 e. The monoisotopic (exact) mass is 328 g/mol. The molecule has 1 aromatic carbocycles. The van der Waals surface area contributed by atoms with Gasteiger partial charge in [-0.3, -0.25) is 0 Å². The fourth-order valence-corrected chi connectivity index (χ4v) is 3.64. The van der Waals surface area contributed by atoms with Gasteiger partial charge in [0.1, 0.15) is 17.4 Å². The van der Waals surface area contributed by atoms with Gasteiger partial charge in [0.25, 0.3) is 0 Å². The third-order valence-corrected chi connectivity index (χ3v) is 4.44. The molecule has 0 aromatic heterocycles. The van der Waals surface area contributed by atoms with Gasteiger partial charge in [-0.15, -0.1) is 0 Å². The van der Waals surface area contributed by atoms with Crippen molar-refractivity contribution in [3.63, 3.8) is 0 Å². The first-order valence-electron chi connectivity index (χ1n) is 6.05. The lowest BCUT2D eigenvalue weighted by atomic mass is 9.88. The molecule has 3 rings (SSSR count). The average Bonchev–Trinajstić information content (AvgIpc) is 2.83. The van der Waals surface area contributed by atoms with E-state index in [1.54, 1.807) is 0 Å². The van der Waals surface area contributed by atoms with Crippen LogP contribution in [0.1, 0.15) is 28.3 Å². The molecule has 5 nitrogen and oxygen atoms in total. The van der Waals surface area contributed by atoms with Gasteiger partial charge in [-0.05, 0) is 12.1 Å². The van der Waals surface area contributed by atoms with E-state index in [2.05, 4.69) is 15.9 Å². The summed E-state index contributed by atoms with van der Waals surface area (Å²) in [6.07, 6.45) is -0.448. The van der Waals surface area contributed by atoms with Crippen LogP contribution in [0.25, 0.3) is 0 Å². The summed E-state index contributed by atoms with van der Waals surface area (Å²) in [7, 11) is 0. The molecule has 0 unspecified atom stereocenters. The molecule has 1 fully saturated rings. The number of carboxylic acid groups (broad SMARTS) is 1. The number of carboxylic acids is 1. The minimum atomic E-state index is -1.04. The lowest BCUT2D eigenvalue weighted by molar-refractivity contribution is 0.0690. The molecule has 6 heteroatoms. The molecule has 0 radical (unpaired) electrons. The van der Waals surface area contributed by atoms with Crippen molar-refractivity contribution >= 4 is 21.9 Å². The lowest BCUT2D eigenvalue weighted by Gasteiger charge is -2.18. The van der Waals surface area contributed by atoms with Crippen LogP contribution in [-0.2, 0) is 0 Å². The molecule has 4 atom stereocenters. The Bertz CT molecular complexity index is 544. The average molecular weight is 329 g/mol. The Balaban J connectivity index is 2.12. The van der Waals surface area contributed by atoms with Gasteiger partial charge in [-0.25, -0.2) is 4.79 Å². The second kappa shape index (κ2) is 4.47. The molecule has 2 aliphatic rings. The molecule has 0 saturated heterocycles. The number of hydrogen-bond donors (Lipinski definition) is 3. The van der Waals surface area contributed by atoms with Crippen molar-refractivity contribution in [2.75, 3.05) is 6.61 Å². The fourth-order valence-electron chi connectivity index (χ4n) is 3.17. The van der Waals surface area contributed by atoms with E-state index in [1.165, 1.54) is 6.07 Å². The summed E-state index contributed by atoms with van der Waals surface area (Å²) in [6, 6.07) is 3.32. The number of fused-ring (bicyclic) bond motifs is 3. The van der Waals surface area contributed by atoms with Crippen molar-refractivity contribution in [1.82, 2.24) is 0 Å². The molecule has 102 valence electrons. The van der Waals surface area contributed by atoms with Crippen LogP contribution in [0.15, 0.2) is 16.6 Å². The summed E-state index contributed by atoms with van der Waals surface area (Å²) in [5, 5.41) is 28.5. The standard InChI is InChI=1S/C13H13BrO5/c14-5-1-6-11-8(4-15)9(16)3-10(11)19-12(6)7(2-5)13(17)18/h1-2,8-11,15-16H,3-4H2,(H,17,18)/t8-,9+,10-,11+/m0/s1. The molecule has 1 aliphatic heterocycles. The maximum atomic E-state index is 11.2. The van der Waals surface area contributed by atoms with Crippen LogP contribution in [0, 0.1) is 5.92 Å². The molecule has 3 N–H and O–H groups in total. The highest BCUT2D eigenvalue weighted by molar-refractivity contribution is 9.10. The molecule has 0 amide bonds. The van der Waals surface area contributed by atoms with Gasteiger partial charge in [0, 0.05) is 34.9 Å². The highest BCUT2D eigenvalue weighted by atomic mass is 79.9. The Morgan fingerprint density at radius 2 is 2.21 bits per heavy atom. The number of aliphatic hydroxyl groups is 2. The van der Waals surface area contributed by atoms with E-state index in [1.807, 2.05) is 6.07 Å². The van der Waals surface area contributed by atoms with E-state index < -0.39 is 12.1 Å². The number of rotatable bonds is 2. The number of aromatic carboxylic acids is 1. The van der Waals surface area contributed by atoms with E-state index in [4.69, 9.17) is 4.74 Å². The predicted octanol–water partition coefficient (Wildman–Crippen LogP) is 1.36. The van der Waals surface area contributed by atoms with Crippen molar-refractivity contribution < 1.29 is 24.9 Å². The Labute approximate surface area is 117 Å². The fraction of sp³-hybridized carbons (Fsp3) is 0.462. The Kier molecular flexibility index (Phi) is 3.03. The Hall–Kier alpha value is -1.11. The van der Waals surface area contributed by atoms with Crippen LogP contribution in [-0.4, -0.2) is 40.1 Å². The van der Waals surface area contributed by atoms with Gasteiger partial charge < -0.3 is 20.1 Å². The zero-order valence-electron chi connectivity index (χ0n) is 9.91. The topological polar surface area (TPSA) is 87.0 Å². The molecule has 0 spiro atoms. The van der Waals surface area contributed by atoms with Gasteiger partial charge in [0.05, 0.1) is 6.10 Å². The quantitative estimate of drug-likeness (QED) is 0.763. The number of ether oxygens (including phenoxy) is 1. The first-order valence-corrected chi connectivity index (χ1v) is 6.84. The number of halogens is 1. The summed E-state index contributed by atoms with van der Waals surface area (Å²) in [4.78, 5) is 11.2. The van der Waals surface area contributed by atoms with Crippen molar-refractivity contribution in [2.24, 2.45) is 5.92 Å². The molecular weight excluding hydrogens is 316 g/mol. The van der Waals surface area contributed by atoms with Gasteiger partial charge >= 0.3 is 5.97 Å². The van der Waals surface area contributed by atoms with Gasteiger partial charge in [-0.2, -0.15) is 0 Å². The van der Waals surface area contributed by atoms with Crippen molar-refractivity contribution in [3.05, 3.63) is 27.7 Å². The summed E-state index contributed by atoms with van der Waals surface area (Å²) in [5.74, 6) is -1.12. The van der Waals surface area contributed by atoms with Crippen LogP contribution < -0.4 is 4.74 Å². The molecule has 1 heterocycles. The van der Waals surface area contributed by atoms with E-state index in [-0.39, 0.29) is 30.1 Å². The van der Waals surface area contributed by atoms with Crippen molar-refractivity contribution in [1.29, 1.82) is 0 Å². The van der Waals surface area contributed by atoms with Crippen molar-refractivity contribution in [2.45, 2.75) is 24.5 Å². The van der Waals surface area contributed by atoms with E-state index in [0.717, 1.165) is 5.56 Å².